The van der Waals surface area contributed by atoms with Gasteiger partial charge in [-0.05, 0) is 40.8 Å². The summed E-state index contributed by atoms with van der Waals surface area (Å²) in [6, 6.07) is 18.5. The van der Waals surface area contributed by atoms with Gasteiger partial charge in [-0.3, -0.25) is 14.5 Å². The fourth-order valence-corrected chi connectivity index (χ4v) is 4.92. The summed E-state index contributed by atoms with van der Waals surface area (Å²) >= 11 is 0. The molecule has 0 bridgehead atoms. The van der Waals surface area contributed by atoms with Gasteiger partial charge in [-0.2, -0.15) is 5.10 Å². The van der Waals surface area contributed by atoms with E-state index in [2.05, 4.69) is 60.6 Å². The highest BCUT2D eigenvalue weighted by Crippen LogP contribution is 2.39. The lowest BCUT2D eigenvalue weighted by Crippen LogP contribution is -2.35. The van der Waals surface area contributed by atoms with E-state index in [9.17, 15) is 4.79 Å². The first kappa shape index (κ1) is 22.3. The molecule has 2 aliphatic rings. The van der Waals surface area contributed by atoms with Crippen molar-refractivity contribution in [2.24, 2.45) is 0 Å². The molecule has 0 atom stereocenters. The molecule has 6 heteroatoms. The van der Waals surface area contributed by atoms with E-state index < -0.39 is 0 Å². The molecule has 4 aromatic rings. The zero-order valence-electron chi connectivity index (χ0n) is 20.5. The van der Waals surface area contributed by atoms with Gasteiger partial charge in [0.25, 0.3) is 5.91 Å². The molecule has 36 heavy (non-hydrogen) atoms. The summed E-state index contributed by atoms with van der Waals surface area (Å²) in [6.07, 6.45) is 6.86. The number of allylic oxidation sites excluding steroid dienone is 1. The second kappa shape index (κ2) is 9.11. The average molecular weight is 477 g/mol. The van der Waals surface area contributed by atoms with E-state index in [0.717, 1.165) is 51.4 Å². The van der Waals surface area contributed by atoms with Crippen molar-refractivity contribution < 1.29 is 9.53 Å². The van der Waals surface area contributed by atoms with Crippen LogP contribution in [0.5, 0.6) is 5.75 Å². The number of ether oxygens (including phenoxy) is 1. The fourth-order valence-electron chi connectivity index (χ4n) is 4.92. The Kier molecular flexibility index (Phi) is 5.64. The lowest BCUT2D eigenvalue weighted by atomic mass is 9.95. The topological polar surface area (TPSA) is 69.0 Å². The number of carbonyl (C=O) groups excluding carboxylic acids is 1. The monoisotopic (exact) mass is 476 g/mol. The highest BCUT2D eigenvalue weighted by molar-refractivity contribution is 6.04. The van der Waals surface area contributed by atoms with E-state index in [4.69, 9.17) is 9.84 Å². The van der Waals surface area contributed by atoms with Gasteiger partial charge in [0.15, 0.2) is 0 Å². The van der Waals surface area contributed by atoms with Gasteiger partial charge < -0.3 is 10.1 Å². The molecule has 6 rings (SSSR count). The summed E-state index contributed by atoms with van der Waals surface area (Å²) in [7, 11) is 0. The van der Waals surface area contributed by atoms with Gasteiger partial charge in [-0.1, -0.05) is 62.4 Å². The van der Waals surface area contributed by atoms with Crippen LogP contribution in [0.4, 0.5) is 0 Å². The number of aromatic nitrogens is 3. The second-order valence-electron chi connectivity index (χ2n) is 9.59. The number of pyridine rings is 1. The van der Waals surface area contributed by atoms with Crippen molar-refractivity contribution in [2.75, 3.05) is 6.54 Å². The molecule has 6 nitrogen and oxygen atoms in total. The Morgan fingerprint density at radius 2 is 1.86 bits per heavy atom. The highest BCUT2D eigenvalue weighted by atomic mass is 16.5. The molecule has 0 saturated heterocycles. The highest BCUT2D eigenvalue weighted by Gasteiger charge is 2.29. The summed E-state index contributed by atoms with van der Waals surface area (Å²) < 4.78 is 7.89. The minimum atomic E-state index is -0.0959. The summed E-state index contributed by atoms with van der Waals surface area (Å²) in [5, 5.41) is 7.88. The number of hydrogen-bond donors (Lipinski definition) is 1. The van der Waals surface area contributed by atoms with Crippen LogP contribution < -0.4 is 10.1 Å². The van der Waals surface area contributed by atoms with Crippen LogP contribution in [0.2, 0.25) is 0 Å². The normalized spacial score (nSPS) is 14.0. The minimum Gasteiger partial charge on any atom is -0.489 e. The summed E-state index contributed by atoms with van der Waals surface area (Å²) in [4.78, 5) is 17.4. The van der Waals surface area contributed by atoms with Crippen molar-refractivity contribution in [2.45, 2.75) is 39.3 Å². The predicted octanol–water partition coefficient (Wildman–Crippen LogP) is 5.63. The van der Waals surface area contributed by atoms with Crippen molar-refractivity contribution in [1.29, 1.82) is 0 Å². The maximum absolute atomic E-state index is 12.9. The van der Waals surface area contributed by atoms with Gasteiger partial charge in [0, 0.05) is 35.9 Å². The third-order valence-corrected chi connectivity index (χ3v) is 6.90. The maximum Gasteiger partial charge on any atom is 0.270 e. The molecule has 1 N–H and O–H groups in total. The van der Waals surface area contributed by atoms with Crippen LogP contribution in [0, 0.1) is 0 Å². The van der Waals surface area contributed by atoms with Crippen molar-refractivity contribution in [3.63, 3.8) is 0 Å². The zero-order chi connectivity index (χ0) is 24.6. The van der Waals surface area contributed by atoms with Gasteiger partial charge in [0.1, 0.15) is 23.7 Å². The molecule has 2 aromatic heterocycles. The molecule has 3 heterocycles. The molecule has 0 saturated carbocycles. The van der Waals surface area contributed by atoms with Gasteiger partial charge >= 0.3 is 0 Å². The van der Waals surface area contributed by atoms with E-state index in [0.29, 0.717) is 31.3 Å². The van der Waals surface area contributed by atoms with Gasteiger partial charge in [-0.25, -0.2) is 0 Å². The Balaban J connectivity index is 1.33. The second-order valence-corrected chi connectivity index (χ2v) is 9.59. The minimum absolute atomic E-state index is 0.0959. The molecular formula is C30H28N4O2. The van der Waals surface area contributed by atoms with Crippen LogP contribution in [0.1, 0.15) is 52.6 Å². The standard InChI is InChI=1S/C30H28N4O2/c1-19(2)21-8-6-20(7-9-21)18-36-23-12-10-22(11-13-23)27-28(33-34-17-16-32-30(35)29(27)34)25-14-15-31-26-5-3-4-24(25)26/h3-4,6-15,19H,5,16-18H2,1-2H3,(H,32,35). The third-order valence-electron chi connectivity index (χ3n) is 6.90. The van der Waals surface area contributed by atoms with E-state index in [-0.39, 0.29) is 5.91 Å². The van der Waals surface area contributed by atoms with Crippen LogP contribution in [0.25, 0.3) is 28.5 Å². The number of amides is 1. The van der Waals surface area contributed by atoms with E-state index in [1.807, 2.05) is 41.2 Å². The molecule has 2 aromatic carbocycles. The maximum atomic E-state index is 12.9. The van der Waals surface area contributed by atoms with Gasteiger partial charge in [-0.15, -0.1) is 0 Å². The summed E-state index contributed by atoms with van der Waals surface area (Å²) in [5.41, 5.74) is 8.77. The third kappa shape index (κ3) is 3.98. The van der Waals surface area contributed by atoms with Crippen LogP contribution in [0.3, 0.4) is 0 Å². The Bertz CT molecular complexity index is 1460. The smallest absolute Gasteiger partial charge is 0.270 e. The number of rotatable bonds is 6. The summed E-state index contributed by atoms with van der Waals surface area (Å²) in [5.74, 6) is 1.20. The zero-order valence-corrected chi connectivity index (χ0v) is 20.5. The number of hydrogen-bond acceptors (Lipinski definition) is 4. The molecule has 0 spiro atoms. The van der Waals surface area contributed by atoms with E-state index in [1.165, 1.54) is 5.56 Å². The first-order chi connectivity index (χ1) is 17.6. The van der Waals surface area contributed by atoms with Gasteiger partial charge in [0.05, 0.1) is 12.2 Å². The Morgan fingerprint density at radius 3 is 2.64 bits per heavy atom. The van der Waals surface area contributed by atoms with Crippen LogP contribution in [0.15, 0.2) is 66.9 Å². The van der Waals surface area contributed by atoms with E-state index in [1.54, 1.807) is 0 Å². The van der Waals surface area contributed by atoms with Crippen molar-refractivity contribution in [1.82, 2.24) is 20.1 Å². The van der Waals surface area contributed by atoms with Crippen LogP contribution >= 0.6 is 0 Å². The number of carbonyl (C=O) groups is 1. The van der Waals surface area contributed by atoms with Crippen LogP contribution in [-0.2, 0) is 19.6 Å². The fraction of sp³-hybridized carbons (Fsp3) is 0.233. The van der Waals surface area contributed by atoms with E-state index >= 15 is 0 Å². The first-order valence-electron chi connectivity index (χ1n) is 12.4. The lowest BCUT2D eigenvalue weighted by molar-refractivity contribution is 0.0925. The molecular weight excluding hydrogens is 448 g/mol. The number of fused-ring (bicyclic) bond motifs is 2. The lowest BCUT2D eigenvalue weighted by Gasteiger charge is -2.15. The molecule has 180 valence electrons. The molecule has 0 unspecified atom stereocenters. The van der Waals surface area contributed by atoms with Crippen molar-refractivity contribution in [3.8, 4) is 28.1 Å². The molecule has 0 fully saturated rings. The average Bonchev–Trinajstić information content (AvgIpc) is 3.54. The summed E-state index contributed by atoms with van der Waals surface area (Å²) in [6.45, 7) is 6.11. The Hall–Kier alpha value is -4.19. The first-order valence-corrected chi connectivity index (χ1v) is 12.4. The van der Waals surface area contributed by atoms with Crippen molar-refractivity contribution >= 4 is 12.0 Å². The predicted molar refractivity (Wildman–Crippen MR) is 141 cm³/mol. The number of nitrogens with one attached hydrogen (secondary N) is 1. The largest absolute Gasteiger partial charge is 0.489 e. The molecule has 0 radical (unpaired) electrons. The van der Waals surface area contributed by atoms with Crippen LogP contribution in [-0.4, -0.2) is 27.2 Å². The van der Waals surface area contributed by atoms with Crippen molar-refractivity contribution in [3.05, 3.63) is 94.9 Å². The quantitative estimate of drug-likeness (QED) is 0.392. The molecule has 1 amide bonds. The van der Waals surface area contributed by atoms with Gasteiger partial charge in [0.2, 0.25) is 0 Å². The molecule has 1 aliphatic carbocycles. The molecule has 1 aliphatic heterocycles. The number of nitrogens with zero attached hydrogens (tertiary/aromatic N) is 3. The number of benzene rings is 2. The Morgan fingerprint density at radius 1 is 1.06 bits per heavy atom. The SMILES string of the molecule is CC(C)c1ccc(COc2ccc(-c3c(-c4ccnc5c4C=CC5)nn4c3C(=O)NCC4)cc2)cc1. The Labute approximate surface area is 210 Å².